The van der Waals surface area contributed by atoms with Gasteiger partial charge >= 0.3 is 0 Å². The first kappa shape index (κ1) is 13.2. The molecule has 1 heterocycles. The molecule has 0 saturated carbocycles. The van der Waals surface area contributed by atoms with Gasteiger partial charge in [0.15, 0.2) is 0 Å². The van der Waals surface area contributed by atoms with Gasteiger partial charge in [0.1, 0.15) is 5.82 Å². The first-order valence-corrected chi connectivity index (χ1v) is 6.88. The van der Waals surface area contributed by atoms with Gasteiger partial charge in [0.05, 0.1) is 5.01 Å². The van der Waals surface area contributed by atoms with Gasteiger partial charge in [0, 0.05) is 30.0 Å². The van der Waals surface area contributed by atoms with Gasteiger partial charge in [-0.05, 0) is 31.7 Å². The predicted molar refractivity (Wildman–Crippen MR) is 73.6 cm³/mol. The summed E-state index contributed by atoms with van der Waals surface area (Å²) in [6, 6.07) is 6.84. The number of halogens is 1. The molecule has 0 aliphatic rings. The SMILES string of the molecule is CNCC(Cc1nc(C)cs1)c1cccc(F)c1. The summed E-state index contributed by atoms with van der Waals surface area (Å²) in [6.07, 6.45) is 0.850. The summed E-state index contributed by atoms with van der Waals surface area (Å²) >= 11 is 1.67. The third kappa shape index (κ3) is 3.37. The fraction of sp³-hybridized carbons (Fsp3) is 0.357. The molecule has 18 heavy (non-hydrogen) atoms. The second-order valence-corrected chi connectivity index (χ2v) is 5.34. The first-order chi connectivity index (χ1) is 8.69. The van der Waals surface area contributed by atoms with E-state index in [1.807, 2.05) is 20.0 Å². The van der Waals surface area contributed by atoms with E-state index in [4.69, 9.17) is 0 Å². The highest BCUT2D eigenvalue weighted by molar-refractivity contribution is 7.09. The number of hydrogen-bond acceptors (Lipinski definition) is 3. The summed E-state index contributed by atoms with van der Waals surface area (Å²) in [5.41, 5.74) is 2.08. The highest BCUT2D eigenvalue weighted by atomic mass is 32.1. The number of nitrogens with zero attached hydrogens (tertiary/aromatic N) is 1. The fourth-order valence-corrected chi connectivity index (χ4v) is 2.88. The van der Waals surface area contributed by atoms with E-state index in [0.29, 0.717) is 0 Å². The number of benzene rings is 1. The van der Waals surface area contributed by atoms with Gasteiger partial charge in [-0.2, -0.15) is 0 Å². The van der Waals surface area contributed by atoms with E-state index in [9.17, 15) is 4.39 Å². The van der Waals surface area contributed by atoms with Gasteiger partial charge in [-0.25, -0.2) is 9.37 Å². The van der Waals surface area contributed by atoms with Crippen LogP contribution in [0.15, 0.2) is 29.6 Å². The molecule has 96 valence electrons. The van der Waals surface area contributed by atoms with Gasteiger partial charge in [0.2, 0.25) is 0 Å². The Hall–Kier alpha value is -1.26. The van der Waals surface area contributed by atoms with Crippen molar-refractivity contribution < 1.29 is 4.39 Å². The van der Waals surface area contributed by atoms with E-state index in [1.165, 1.54) is 6.07 Å². The molecule has 1 aromatic carbocycles. The van der Waals surface area contributed by atoms with Crippen molar-refractivity contribution in [3.05, 3.63) is 51.7 Å². The highest BCUT2D eigenvalue weighted by Crippen LogP contribution is 2.23. The summed E-state index contributed by atoms with van der Waals surface area (Å²) in [6.45, 7) is 2.82. The van der Waals surface area contributed by atoms with Gasteiger partial charge < -0.3 is 5.32 Å². The normalized spacial score (nSPS) is 12.6. The molecule has 2 rings (SSSR count). The molecule has 1 atom stereocenters. The molecule has 1 unspecified atom stereocenters. The van der Waals surface area contributed by atoms with Gasteiger partial charge in [-0.3, -0.25) is 0 Å². The number of aromatic nitrogens is 1. The van der Waals surface area contributed by atoms with Crippen molar-refractivity contribution in [2.24, 2.45) is 0 Å². The molecule has 0 aliphatic heterocycles. The summed E-state index contributed by atoms with van der Waals surface area (Å²) < 4.78 is 13.3. The largest absolute Gasteiger partial charge is 0.319 e. The smallest absolute Gasteiger partial charge is 0.123 e. The van der Waals surface area contributed by atoms with Crippen molar-refractivity contribution in [3.8, 4) is 0 Å². The molecule has 0 saturated heterocycles. The second-order valence-electron chi connectivity index (χ2n) is 4.40. The molecule has 0 spiro atoms. The van der Waals surface area contributed by atoms with Crippen LogP contribution in [-0.2, 0) is 6.42 Å². The zero-order chi connectivity index (χ0) is 13.0. The van der Waals surface area contributed by atoms with Crippen LogP contribution in [0.3, 0.4) is 0 Å². The number of thiazole rings is 1. The molecule has 1 N–H and O–H groups in total. The topological polar surface area (TPSA) is 24.9 Å². The van der Waals surface area contributed by atoms with Gasteiger partial charge in [-0.1, -0.05) is 12.1 Å². The quantitative estimate of drug-likeness (QED) is 0.897. The molecule has 0 radical (unpaired) electrons. The Labute approximate surface area is 111 Å². The maximum absolute atomic E-state index is 13.3. The van der Waals surface area contributed by atoms with Crippen LogP contribution in [0.5, 0.6) is 0 Å². The Balaban J connectivity index is 2.17. The Kier molecular flexibility index (Phi) is 4.44. The number of likely N-dealkylation sites (N-methyl/N-ethyl adjacent to an activating group) is 1. The minimum absolute atomic E-state index is 0.177. The van der Waals surface area contributed by atoms with Crippen molar-refractivity contribution in [3.63, 3.8) is 0 Å². The minimum Gasteiger partial charge on any atom is -0.319 e. The molecule has 0 aliphatic carbocycles. The van der Waals surface area contributed by atoms with E-state index >= 15 is 0 Å². The van der Waals surface area contributed by atoms with Crippen molar-refractivity contribution >= 4 is 11.3 Å². The lowest BCUT2D eigenvalue weighted by Crippen LogP contribution is -2.19. The number of rotatable bonds is 5. The van der Waals surface area contributed by atoms with Crippen molar-refractivity contribution in [1.29, 1.82) is 0 Å². The Bertz CT molecular complexity index is 510. The maximum Gasteiger partial charge on any atom is 0.123 e. The molecule has 0 bridgehead atoms. The number of hydrogen-bond donors (Lipinski definition) is 1. The molecule has 2 nitrogen and oxygen atoms in total. The third-order valence-electron chi connectivity index (χ3n) is 2.86. The van der Waals surface area contributed by atoms with Crippen LogP contribution in [0.25, 0.3) is 0 Å². The molecule has 1 aromatic heterocycles. The average molecular weight is 264 g/mol. The van der Waals surface area contributed by atoms with Crippen LogP contribution in [-0.4, -0.2) is 18.6 Å². The molecule has 4 heteroatoms. The minimum atomic E-state index is -0.177. The van der Waals surface area contributed by atoms with E-state index in [2.05, 4.69) is 15.7 Å². The second kappa shape index (κ2) is 6.07. The molecule has 0 fully saturated rings. The van der Waals surface area contributed by atoms with E-state index in [1.54, 1.807) is 23.5 Å². The molecular weight excluding hydrogens is 247 g/mol. The predicted octanol–water partition coefficient (Wildman–Crippen LogP) is 3.14. The number of nitrogens with one attached hydrogen (secondary N) is 1. The van der Waals surface area contributed by atoms with Crippen molar-refractivity contribution in [2.75, 3.05) is 13.6 Å². The van der Waals surface area contributed by atoms with Crippen molar-refractivity contribution in [2.45, 2.75) is 19.3 Å². The maximum atomic E-state index is 13.3. The monoisotopic (exact) mass is 264 g/mol. The lowest BCUT2D eigenvalue weighted by atomic mass is 9.96. The van der Waals surface area contributed by atoms with Crippen LogP contribution >= 0.6 is 11.3 Å². The molecule has 0 amide bonds. The lowest BCUT2D eigenvalue weighted by Gasteiger charge is -2.15. The van der Waals surface area contributed by atoms with E-state index < -0.39 is 0 Å². The van der Waals surface area contributed by atoms with Gasteiger partial charge in [0.25, 0.3) is 0 Å². The highest BCUT2D eigenvalue weighted by Gasteiger charge is 2.14. The van der Waals surface area contributed by atoms with Crippen LogP contribution in [0, 0.1) is 12.7 Å². The van der Waals surface area contributed by atoms with Crippen LogP contribution in [0.1, 0.15) is 22.2 Å². The summed E-state index contributed by atoms with van der Waals surface area (Å²) in [5.74, 6) is 0.0835. The average Bonchev–Trinajstić information content (AvgIpc) is 2.74. The van der Waals surface area contributed by atoms with Gasteiger partial charge in [-0.15, -0.1) is 11.3 Å². The Morgan fingerprint density at radius 1 is 1.44 bits per heavy atom. The van der Waals surface area contributed by atoms with Crippen LogP contribution in [0.2, 0.25) is 0 Å². The lowest BCUT2D eigenvalue weighted by molar-refractivity contribution is 0.599. The Morgan fingerprint density at radius 3 is 2.89 bits per heavy atom. The summed E-state index contributed by atoms with van der Waals surface area (Å²) in [5, 5.41) is 6.33. The van der Waals surface area contributed by atoms with Crippen LogP contribution in [0.4, 0.5) is 4.39 Å². The standard InChI is InChI=1S/C14H17FN2S/c1-10-9-18-14(17-10)7-12(8-16-2)11-4-3-5-13(15)6-11/h3-6,9,12,16H,7-8H2,1-2H3. The van der Waals surface area contributed by atoms with Crippen molar-refractivity contribution in [1.82, 2.24) is 10.3 Å². The summed E-state index contributed by atoms with van der Waals surface area (Å²) in [7, 11) is 1.92. The molecule has 2 aromatic rings. The van der Waals surface area contributed by atoms with E-state index in [0.717, 1.165) is 29.2 Å². The zero-order valence-corrected chi connectivity index (χ0v) is 11.4. The van der Waals surface area contributed by atoms with E-state index in [-0.39, 0.29) is 11.7 Å². The molecular formula is C14H17FN2S. The number of aryl methyl sites for hydroxylation is 1. The first-order valence-electron chi connectivity index (χ1n) is 6.00. The Morgan fingerprint density at radius 2 is 2.28 bits per heavy atom. The third-order valence-corrected chi connectivity index (χ3v) is 3.85. The zero-order valence-electron chi connectivity index (χ0n) is 10.6. The van der Waals surface area contributed by atoms with Crippen LogP contribution < -0.4 is 5.32 Å². The summed E-state index contributed by atoms with van der Waals surface area (Å²) in [4.78, 5) is 4.48. The fourth-order valence-electron chi connectivity index (χ4n) is 2.02.